The molecule has 1 N–H and O–H groups in total. The Morgan fingerprint density at radius 3 is 2.48 bits per heavy atom. The molecule has 2 aromatic rings. The summed E-state index contributed by atoms with van der Waals surface area (Å²) in [6.07, 6.45) is 0. The summed E-state index contributed by atoms with van der Waals surface area (Å²) < 4.78 is 11.6. The first-order chi connectivity index (χ1) is 10.2. The molecule has 0 saturated heterocycles. The fraction of sp³-hybridized carbons (Fsp3) is 0.188. The third-order valence-electron chi connectivity index (χ3n) is 2.96. The highest BCUT2D eigenvalue weighted by molar-refractivity contribution is 9.10. The second-order valence-electron chi connectivity index (χ2n) is 4.36. The topological polar surface area (TPSA) is 62.5 Å². The quantitative estimate of drug-likeness (QED) is 0.900. The van der Waals surface area contributed by atoms with Gasteiger partial charge in [0.25, 0.3) is 0 Å². The van der Waals surface area contributed by atoms with Crippen LogP contribution in [0, 0.1) is 11.3 Å². The third-order valence-corrected chi connectivity index (χ3v) is 3.58. The van der Waals surface area contributed by atoms with E-state index in [9.17, 15) is 0 Å². The van der Waals surface area contributed by atoms with E-state index < -0.39 is 0 Å². The predicted molar refractivity (Wildman–Crippen MR) is 82.1 cm³/mol. The fourth-order valence-corrected chi connectivity index (χ4v) is 2.39. The second-order valence-corrected chi connectivity index (χ2v) is 5.21. The summed E-state index contributed by atoms with van der Waals surface area (Å²) in [7, 11) is 1.53. The van der Waals surface area contributed by atoms with Gasteiger partial charge >= 0.3 is 0 Å². The van der Waals surface area contributed by atoms with Crippen molar-refractivity contribution in [3.05, 3.63) is 57.6 Å². The SMILES string of the molecule is COc1ccc(COc2ccc(CO)cc2Br)cc1C#N. The van der Waals surface area contributed by atoms with E-state index in [0.29, 0.717) is 23.7 Å². The van der Waals surface area contributed by atoms with Crippen molar-refractivity contribution in [3.8, 4) is 17.6 Å². The molecule has 0 aliphatic heterocycles. The van der Waals surface area contributed by atoms with E-state index in [1.165, 1.54) is 7.11 Å². The number of aliphatic hydroxyl groups is 1. The van der Waals surface area contributed by atoms with Gasteiger partial charge in [0.2, 0.25) is 0 Å². The molecule has 0 aliphatic carbocycles. The molecule has 4 nitrogen and oxygen atoms in total. The van der Waals surface area contributed by atoms with Crippen molar-refractivity contribution in [2.24, 2.45) is 0 Å². The van der Waals surface area contributed by atoms with Crippen molar-refractivity contribution >= 4 is 15.9 Å². The van der Waals surface area contributed by atoms with E-state index in [2.05, 4.69) is 22.0 Å². The molecule has 21 heavy (non-hydrogen) atoms. The molecular formula is C16H14BrNO3. The van der Waals surface area contributed by atoms with Crippen LogP contribution in [0.4, 0.5) is 0 Å². The number of rotatable bonds is 5. The highest BCUT2D eigenvalue weighted by Crippen LogP contribution is 2.27. The summed E-state index contributed by atoms with van der Waals surface area (Å²) in [5.74, 6) is 1.23. The Labute approximate surface area is 131 Å². The fourth-order valence-electron chi connectivity index (χ4n) is 1.85. The maximum atomic E-state index is 9.06. The Morgan fingerprint density at radius 1 is 1.14 bits per heavy atom. The lowest BCUT2D eigenvalue weighted by Crippen LogP contribution is -1.98. The highest BCUT2D eigenvalue weighted by atomic mass is 79.9. The van der Waals surface area contributed by atoms with Crippen LogP contribution in [0.15, 0.2) is 40.9 Å². The van der Waals surface area contributed by atoms with Crippen LogP contribution >= 0.6 is 15.9 Å². The minimum Gasteiger partial charge on any atom is -0.495 e. The molecule has 0 aromatic heterocycles. The number of methoxy groups -OCH3 is 1. The summed E-state index contributed by atoms with van der Waals surface area (Å²) in [5.41, 5.74) is 2.17. The van der Waals surface area contributed by atoms with Crippen LogP contribution in [0.25, 0.3) is 0 Å². The molecule has 0 amide bonds. The van der Waals surface area contributed by atoms with Gasteiger partial charge in [-0.1, -0.05) is 12.1 Å². The predicted octanol–water partition coefficient (Wildman–Crippen LogP) is 3.40. The van der Waals surface area contributed by atoms with Gasteiger partial charge in [-0.15, -0.1) is 0 Å². The van der Waals surface area contributed by atoms with Crippen LogP contribution in [0.5, 0.6) is 11.5 Å². The summed E-state index contributed by atoms with van der Waals surface area (Å²) in [5, 5.41) is 18.1. The molecule has 5 heteroatoms. The molecule has 0 atom stereocenters. The van der Waals surface area contributed by atoms with Crippen LogP contribution < -0.4 is 9.47 Å². The van der Waals surface area contributed by atoms with Crippen LogP contribution in [0.3, 0.4) is 0 Å². The molecule has 0 bridgehead atoms. The van der Waals surface area contributed by atoms with Gasteiger partial charge in [-0.05, 0) is 51.3 Å². The third kappa shape index (κ3) is 3.75. The number of hydrogen-bond donors (Lipinski definition) is 1. The van der Waals surface area contributed by atoms with E-state index in [4.69, 9.17) is 19.8 Å². The van der Waals surface area contributed by atoms with E-state index >= 15 is 0 Å². The van der Waals surface area contributed by atoms with Gasteiger partial charge in [-0.3, -0.25) is 0 Å². The lowest BCUT2D eigenvalue weighted by Gasteiger charge is -2.10. The van der Waals surface area contributed by atoms with Crippen molar-refractivity contribution in [2.75, 3.05) is 7.11 Å². The number of ether oxygens (including phenoxy) is 2. The minimum absolute atomic E-state index is 0.0110. The Balaban J connectivity index is 2.11. The average molecular weight is 348 g/mol. The van der Waals surface area contributed by atoms with Gasteiger partial charge in [-0.25, -0.2) is 0 Å². The average Bonchev–Trinajstić information content (AvgIpc) is 2.53. The smallest absolute Gasteiger partial charge is 0.136 e. The summed E-state index contributed by atoms with van der Waals surface area (Å²) in [4.78, 5) is 0. The van der Waals surface area contributed by atoms with Crippen LogP contribution in [0.2, 0.25) is 0 Å². The Hall–Kier alpha value is -2.03. The first kappa shape index (κ1) is 15.4. The summed E-state index contributed by atoms with van der Waals surface area (Å²) in [6.45, 7) is 0.332. The Kier molecular flexibility index (Phi) is 5.20. The Morgan fingerprint density at radius 2 is 1.86 bits per heavy atom. The van der Waals surface area contributed by atoms with Gasteiger partial charge in [0, 0.05) is 0 Å². The summed E-state index contributed by atoms with van der Waals surface area (Å²) >= 11 is 3.40. The zero-order valence-corrected chi connectivity index (χ0v) is 13.1. The second kappa shape index (κ2) is 7.11. The standard InChI is InChI=1S/C16H14BrNO3/c1-20-15-4-3-12(6-13(15)8-18)10-21-16-5-2-11(9-19)7-14(16)17/h2-7,19H,9-10H2,1H3. The number of benzene rings is 2. The van der Waals surface area contributed by atoms with Gasteiger partial charge in [0.15, 0.2) is 0 Å². The maximum absolute atomic E-state index is 9.06. The van der Waals surface area contributed by atoms with E-state index in [0.717, 1.165) is 15.6 Å². The van der Waals surface area contributed by atoms with Crippen LogP contribution in [-0.2, 0) is 13.2 Å². The normalized spacial score (nSPS) is 10.0. The monoisotopic (exact) mass is 347 g/mol. The first-order valence-corrected chi connectivity index (χ1v) is 7.06. The number of aliphatic hydroxyl groups excluding tert-OH is 1. The lowest BCUT2D eigenvalue weighted by molar-refractivity contribution is 0.280. The van der Waals surface area contributed by atoms with Crippen molar-refractivity contribution in [1.29, 1.82) is 5.26 Å². The van der Waals surface area contributed by atoms with Crippen molar-refractivity contribution in [3.63, 3.8) is 0 Å². The van der Waals surface area contributed by atoms with Crippen molar-refractivity contribution in [2.45, 2.75) is 13.2 Å². The molecule has 0 unspecified atom stereocenters. The zero-order chi connectivity index (χ0) is 15.2. The van der Waals surface area contributed by atoms with Crippen molar-refractivity contribution in [1.82, 2.24) is 0 Å². The molecule has 0 radical (unpaired) electrons. The van der Waals surface area contributed by atoms with Crippen LogP contribution in [0.1, 0.15) is 16.7 Å². The largest absolute Gasteiger partial charge is 0.495 e. The molecule has 0 heterocycles. The molecule has 0 aliphatic rings. The summed E-state index contributed by atoms with van der Waals surface area (Å²) in [6, 6.07) is 12.9. The maximum Gasteiger partial charge on any atom is 0.136 e. The highest BCUT2D eigenvalue weighted by Gasteiger charge is 2.06. The number of hydrogen-bond acceptors (Lipinski definition) is 4. The molecule has 2 aromatic carbocycles. The van der Waals surface area contributed by atoms with E-state index in [-0.39, 0.29) is 6.61 Å². The van der Waals surface area contributed by atoms with Gasteiger partial charge in [-0.2, -0.15) is 5.26 Å². The molecular weight excluding hydrogens is 334 g/mol. The van der Waals surface area contributed by atoms with Gasteiger partial charge in [0.05, 0.1) is 23.8 Å². The molecule has 0 fully saturated rings. The molecule has 108 valence electrons. The van der Waals surface area contributed by atoms with Crippen molar-refractivity contribution < 1.29 is 14.6 Å². The zero-order valence-electron chi connectivity index (χ0n) is 11.5. The number of nitrogens with zero attached hydrogens (tertiary/aromatic N) is 1. The lowest BCUT2D eigenvalue weighted by atomic mass is 10.1. The van der Waals surface area contributed by atoms with E-state index in [1.807, 2.05) is 12.1 Å². The first-order valence-electron chi connectivity index (χ1n) is 6.27. The number of nitriles is 1. The Bertz CT molecular complexity index is 680. The van der Waals surface area contributed by atoms with Crippen LogP contribution in [-0.4, -0.2) is 12.2 Å². The molecule has 2 rings (SSSR count). The minimum atomic E-state index is -0.0110. The molecule has 0 saturated carbocycles. The number of halogens is 1. The van der Waals surface area contributed by atoms with Gasteiger partial charge < -0.3 is 14.6 Å². The molecule has 0 spiro atoms. The van der Waals surface area contributed by atoms with Gasteiger partial charge in [0.1, 0.15) is 24.2 Å². The van der Waals surface area contributed by atoms with E-state index in [1.54, 1.807) is 24.3 Å².